The second kappa shape index (κ2) is 6.69. The topological polar surface area (TPSA) is 51.7 Å². The minimum Gasteiger partial charge on any atom is -0.496 e. The lowest BCUT2D eigenvalue weighted by Crippen LogP contribution is -2.31. The van der Waals surface area contributed by atoms with Gasteiger partial charge in [-0.05, 0) is 25.1 Å². The van der Waals surface area contributed by atoms with Crippen molar-refractivity contribution in [2.75, 3.05) is 20.2 Å². The molecule has 0 N–H and O–H groups in total. The van der Waals surface area contributed by atoms with Gasteiger partial charge in [-0.2, -0.15) is 0 Å². The first-order valence-electron chi connectivity index (χ1n) is 7.70. The molecule has 1 saturated heterocycles. The van der Waals surface area contributed by atoms with E-state index < -0.39 is 0 Å². The number of nitrogens with zero attached hydrogens (tertiary/aromatic N) is 2. The third-order valence-corrected chi connectivity index (χ3v) is 3.92. The van der Waals surface area contributed by atoms with Gasteiger partial charge in [0.05, 0.1) is 19.2 Å². The highest BCUT2D eigenvalue weighted by Crippen LogP contribution is 2.23. The van der Waals surface area contributed by atoms with Gasteiger partial charge in [0.15, 0.2) is 0 Å². The van der Waals surface area contributed by atoms with E-state index in [1.807, 2.05) is 37.3 Å². The highest BCUT2D eigenvalue weighted by molar-refractivity contribution is 5.97. The molecule has 1 aliphatic rings. The van der Waals surface area contributed by atoms with E-state index in [0.717, 1.165) is 12.1 Å². The van der Waals surface area contributed by atoms with Gasteiger partial charge in [0.1, 0.15) is 11.9 Å². The number of rotatable bonds is 4. The van der Waals surface area contributed by atoms with Gasteiger partial charge in [0.2, 0.25) is 5.88 Å². The van der Waals surface area contributed by atoms with Crippen molar-refractivity contribution < 1.29 is 14.3 Å². The maximum atomic E-state index is 12.7. The number of carbonyl (C=O) groups excluding carboxylic acids is 1. The molecule has 1 unspecified atom stereocenters. The number of hydrogen-bond acceptors (Lipinski definition) is 4. The van der Waals surface area contributed by atoms with Crippen LogP contribution in [0.3, 0.4) is 0 Å². The number of pyridine rings is 1. The van der Waals surface area contributed by atoms with Crippen molar-refractivity contribution in [2.45, 2.75) is 19.4 Å². The maximum Gasteiger partial charge on any atom is 0.257 e. The van der Waals surface area contributed by atoms with Crippen molar-refractivity contribution in [1.29, 1.82) is 0 Å². The average Bonchev–Trinajstić information content (AvgIpc) is 3.02. The third kappa shape index (κ3) is 3.44. The molecule has 0 saturated carbocycles. The Balaban J connectivity index is 1.66. The van der Waals surface area contributed by atoms with Crippen LogP contribution in [0.1, 0.15) is 22.5 Å². The summed E-state index contributed by atoms with van der Waals surface area (Å²) >= 11 is 0. The number of amides is 1. The minimum absolute atomic E-state index is 0.0225. The molecule has 23 heavy (non-hydrogen) atoms. The number of likely N-dealkylation sites (tertiary alicyclic amines) is 1. The number of methoxy groups -OCH3 is 1. The third-order valence-electron chi connectivity index (χ3n) is 3.92. The Bertz CT molecular complexity index is 702. The van der Waals surface area contributed by atoms with Crippen molar-refractivity contribution in [3.05, 3.63) is 53.7 Å². The molecule has 1 aliphatic heterocycles. The van der Waals surface area contributed by atoms with Gasteiger partial charge in [-0.15, -0.1) is 0 Å². The Hall–Kier alpha value is -2.56. The molecule has 5 nitrogen and oxygen atoms in total. The first-order valence-corrected chi connectivity index (χ1v) is 7.70. The molecular formula is C18H20N2O3. The summed E-state index contributed by atoms with van der Waals surface area (Å²) in [6, 6.07) is 13.0. The minimum atomic E-state index is -0.0250. The Morgan fingerprint density at radius 2 is 2.04 bits per heavy atom. The molecule has 120 valence electrons. The lowest BCUT2D eigenvalue weighted by atomic mass is 10.2. The van der Waals surface area contributed by atoms with E-state index in [-0.39, 0.29) is 12.0 Å². The summed E-state index contributed by atoms with van der Waals surface area (Å²) in [7, 11) is 1.57. The van der Waals surface area contributed by atoms with Gasteiger partial charge in [-0.1, -0.05) is 18.2 Å². The predicted octanol–water partition coefficient (Wildman–Crippen LogP) is 2.69. The van der Waals surface area contributed by atoms with E-state index in [0.29, 0.717) is 30.3 Å². The zero-order valence-electron chi connectivity index (χ0n) is 13.4. The molecule has 1 aromatic carbocycles. The van der Waals surface area contributed by atoms with E-state index in [2.05, 4.69) is 4.98 Å². The highest BCUT2D eigenvalue weighted by atomic mass is 16.5. The van der Waals surface area contributed by atoms with Gasteiger partial charge < -0.3 is 14.4 Å². The molecule has 1 aromatic heterocycles. The van der Waals surface area contributed by atoms with Crippen LogP contribution < -0.4 is 9.47 Å². The van der Waals surface area contributed by atoms with E-state index in [1.165, 1.54) is 0 Å². The second-order valence-corrected chi connectivity index (χ2v) is 5.60. The van der Waals surface area contributed by atoms with Gasteiger partial charge in [-0.25, -0.2) is 4.98 Å². The quantitative estimate of drug-likeness (QED) is 0.871. The van der Waals surface area contributed by atoms with Gasteiger partial charge in [0, 0.05) is 24.7 Å². The fourth-order valence-corrected chi connectivity index (χ4v) is 2.75. The molecular weight excluding hydrogens is 292 g/mol. The molecule has 0 bridgehead atoms. The first kappa shape index (κ1) is 15.3. The van der Waals surface area contributed by atoms with Crippen LogP contribution in [-0.2, 0) is 0 Å². The SMILES string of the molecule is COc1ccccc1C(=O)N1CCC(Oc2cccc(C)n2)C1. The summed E-state index contributed by atoms with van der Waals surface area (Å²) in [5.41, 5.74) is 1.51. The standard InChI is InChI=1S/C18H20N2O3/c1-13-6-5-9-17(19-13)23-14-10-11-20(12-14)18(21)15-7-3-4-8-16(15)22-2/h3-9,14H,10-12H2,1-2H3. The molecule has 2 heterocycles. The normalized spacial score (nSPS) is 17.1. The summed E-state index contributed by atoms with van der Waals surface area (Å²) in [5.74, 6) is 1.19. The molecule has 2 aromatic rings. The summed E-state index contributed by atoms with van der Waals surface area (Å²) in [5, 5.41) is 0. The van der Waals surface area contributed by atoms with Crippen molar-refractivity contribution in [1.82, 2.24) is 9.88 Å². The fourth-order valence-electron chi connectivity index (χ4n) is 2.75. The van der Waals surface area contributed by atoms with Crippen LogP contribution in [0.4, 0.5) is 0 Å². The van der Waals surface area contributed by atoms with Crippen LogP contribution in [0.5, 0.6) is 11.6 Å². The lowest BCUT2D eigenvalue weighted by molar-refractivity contribution is 0.0768. The van der Waals surface area contributed by atoms with Gasteiger partial charge in [0.25, 0.3) is 5.91 Å². The number of hydrogen-bond donors (Lipinski definition) is 0. The number of para-hydroxylation sites is 1. The second-order valence-electron chi connectivity index (χ2n) is 5.60. The van der Waals surface area contributed by atoms with Gasteiger partial charge >= 0.3 is 0 Å². The summed E-state index contributed by atoms with van der Waals surface area (Å²) in [6.45, 7) is 3.17. The summed E-state index contributed by atoms with van der Waals surface area (Å²) < 4.78 is 11.2. The predicted molar refractivity (Wildman–Crippen MR) is 86.9 cm³/mol. The lowest BCUT2D eigenvalue weighted by Gasteiger charge is -2.18. The van der Waals surface area contributed by atoms with E-state index in [9.17, 15) is 4.79 Å². The monoisotopic (exact) mass is 312 g/mol. The Labute approximate surface area is 135 Å². The molecule has 1 atom stereocenters. The van der Waals surface area contributed by atoms with Crippen molar-refractivity contribution in [2.24, 2.45) is 0 Å². The van der Waals surface area contributed by atoms with Crippen molar-refractivity contribution in [3.8, 4) is 11.6 Å². The smallest absolute Gasteiger partial charge is 0.257 e. The fraction of sp³-hybridized carbons (Fsp3) is 0.333. The van der Waals surface area contributed by atoms with Crippen molar-refractivity contribution in [3.63, 3.8) is 0 Å². The number of benzene rings is 1. The number of aromatic nitrogens is 1. The van der Waals surface area contributed by atoms with Crippen LogP contribution in [-0.4, -0.2) is 42.1 Å². The zero-order chi connectivity index (χ0) is 16.2. The van der Waals surface area contributed by atoms with Crippen LogP contribution in [0.15, 0.2) is 42.5 Å². The largest absolute Gasteiger partial charge is 0.496 e. The highest BCUT2D eigenvalue weighted by Gasteiger charge is 2.29. The molecule has 1 fully saturated rings. The molecule has 0 aliphatic carbocycles. The molecule has 0 spiro atoms. The number of carbonyl (C=O) groups is 1. The van der Waals surface area contributed by atoms with E-state index >= 15 is 0 Å². The Morgan fingerprint density at radius 1 is 1.22 bits per heavy atom. The van der Waals surface area contributed by atoms with Crippen LogP contribution in [0.2, 0.25) is 0 Å². The molecule has 1 amide bonds. The van der Waals surface area contributed by atoms with E-state index in [1.54, 1.807) is 24.1 Å². The summed E-state index contributed by atoms with van der Waals surface area (Å²) in [4.78, 5) is 18.8. The first-order chi connectivity index (χ1) is 11.2. The maximum absolute atomic E-state index is 12.7. The number of aryl methyl sites for hydroxylation is 1. The molecule has 3 rings (SSSR count). The van der Waals surface area contributed by atoms with Crippen LogP contribution >= 0.6 is 0 Å². The van der Waals surface area contributed by atoms with Crippen LogP contribution in [0.25, 0.3) is 0 Å². The summed E-state index contributed by atoms with van der Waals surface area (Å²) in [6.07, 6.45) is 0.777. The Kier molecular flexibility index (Phi) is 4.46. The average molecular weight is 312 g/mol. The molecule has 0 radical (unpaired) electrons. The van der Waals surface area contributed by atoms with Crippen LogP contribution in [0, 0.1) is 6.92 Å². The van der Waals surface area contributed by atoms with Crippen molar-refractivity contribution >= 4 is 5.91 Å². The Morgan fingerprint density at radius 3 is 2.83 bits per heavy atom. The van der Waals surface area contributed by atoms with E-state index in [4.69, 9.17) is 9.47 Å². The van der Waals surface area contributed by atoms with Gasteiger partial charge in [-0.3, -0.25) is 4.79 Å². The number of ether oxygens (including phenoxy) is 2. The molecule has 5 heteroatoms. The zero-order valence-corrected chi connectivity index (χ0v) is 13.4.